The van der Waals surface area contributed by atoms with Crippen molar-refractivity contribution < 1.29 is 4.74 Å². The summed E-state index contributed by atoms with van der Waals surface area (Å²) in [7, 11) is 0. The molecule has 0 radical (unpaired) electrons. The lowest BCUT2D eigenvalue weighted by atomic mass is 9.91. The molecule has 8 rings (SSSR count). The van der Waals surface area contributed by atoms with Crippen molar-refractivity contribution in [2.45, 2.75) is 45.6 Å². The zero-order valence-electron chi connectivity index (χ0n) is 29.1. The molecule has 0 bridgehead atoms. The number of benzene rings is 3. The van der Waals surface area contributed by atoms with Crippen LogP contribution in [0.1, 0.15) is 50.2 Å². The lowest BCUT2D eigenvalue weighted by molar-refractivity contribution is 0.388. The van der Waals surface area contributed by atoms with Crippen LogP contribution in [0.3, 0.4) is 0 Å². The van der Waals surface area contributed by atoms with Crippen LogP contribution in [0.15, 0.2) is 165 Å². The van der Waals surface area contributed by atoms with Crippen LogP contribution in [-0.2, 0) is 6.54 Å². The summed E-state index contributed by atoms with van der Waals surface area (Å²) in [6, 6.07) is 23.7. The minimum Gasteiger partial charge on any atom is -0.488 e. The fraction of sp³-hybridized carbons (Fsp3) is 0.196. The standard InChI is InChI=1S/C46H42N4O/c1-32(50-42-22-11-9-20-40(42)41-21-10-12-23-43(41)50)24-26-38-31-51-44-28-33(25-27-39(38)44)30-48-46(49-45(47-2)35-16-7-4-8-17-35)37-19-13-18-36(29-37)34-14-5-3-6-15-34/h4-5,7-12,14-16,18,20-29,35H,2-3,6,13,17,19,30-31H2,1H3/b32-24+,38-26+,48-46?,49-45?. The van der Waals surface area contributed by atoms with E-state index in [1.807, 2.05) is 0 Å². The van der Waals surface area contributed by atoms with E-state index in [0.717, 1.165) is 66.1 Å². The van der Waals surface area contributed by atoms with Crippen molar-refractivity contribution in [3.05, 3.63) is 161 Å². The van der Waals surface area contributed by atoms with E-state index < -0.39 is 0 Å². The molecule has 4 aliphatic rings. The molecule has 5 nitrogen and oxygen atoms in total. The lowest BCUT2D eigenvalue weighted by Crippen LogP contribution is -2.15. The Hall–Kier alpha value is -5.81. The molecule has 1 atom stereocenters. The highest BCUT2D eigenvalue weighted by molar-refractivity contribution is 6.10. The Morgan fingerprint density at radius 2 is 1.73 bits per heavy atom. The molecule has 3 aliphatic carbocycles. The monoisotopic (exact) mass is 666 g/mol. The zero-order chi connectivity index (χ0) is 34.6. The van der Waals surface area contributed by atoms with Crippen molar-refractivity contribution in [2.75, 3.05) is 6.61 Å². The number of allylic oxidation sites excluding steroid dienone is 13. The number of rotatable bonds is 7. The van der Waals surface area contributed by atoms with Crippen LogP contribution in [0.2, 0.25) is 0 Å². The van der Waals surface area contributed by atoms with Crippen molar-refractivity contribution in [3.8, 4) is 5.75 Å². The molecule has 51 heavy (non-hydrogen) atoms. The summed E-state index contributed by atoms with van der Waals surface area (Å²) in [4.78, 5) is 14.6. The van der Waals surface area contributed by atoms with Gasteiger partial charge in [0, 0.05) is 33.5 Å². The van der Waals surface area contributed by atoms with Crippen molar-refractivity contribution in [1.82, 2.24) is 4.57 Å². The van der Waals surface area contributed by atoms with Gasteiger partial charge in [-0.05, 0) is 98.4 Å². The first-order chi connectivity index (χ1) is 25.2. The van der Waals surface area contributed by atoms with Crippen LogP contribution in [0.25, 0.3) is 33.1 Å². The second kappa shape index (κ2) is 14.6. The number of para-hydroxylation sites is 2. The van der Waals surface area contributed by atoms with E-state index >= 15 is 0 Å². The molecular formula is C46H42N4O. The van der Waals surface area contributed by atoms with Crippen LogP contribution >= 0.6 is 0 Å². The summed E-state index contributed by atoms with van der Waals surface area (Å²) >= 11 is 0. The third-order valence-electron chi connectivity index (χ3n) is 10.1. The maximum Gasteiger partial charge on any atom is 0.153 e. The predicted molar refractivity (Wildman–Crippen MR) is 216 cm³/mol. The molecule has 1 unspecified atom stereocenters. The summed E-state index contributed by atoms with van der Waals surface area (Å²) in [6.45, 7) is 7.09. The molecule has 1 aromatic heterocycles. The quantitative estimate of drug-likeness (QED) is 0.143. The Morgan fingerprint density at radius 3 is 2.47 bits per heavy atom. The van der Waals surface area contributed by atoms with Gasteiger partial charge in [0.2, 0.25) is 0 Å². The number of aromatic nitrogens is 1. The van der Waals surface area contributed by atoms with Crippen molar-refractivity contribution in [2.24, 2.45) is 20.9 Å². The number of ether oxygens (including phenoxy) is 1. The van der Waals surface area contributed by atoms with Crippen molar-refractivity contribution in [3.63, 3.8) is 0 Å². The van der Waals surface area contributed by atoms with E-state index in [9.17, 15) is 0 Å². The third-order valence-corrected chi connectivity index (χ3v) is 10.1. The van der Waals surface area contributed by atoms with Gasteiger partial charge in [-0.15, -0.1) is 0 Å². The molecule has 4 aromatic rings. The second-order valence-electron chi connectivity index (χ2n) is 13.4. The van der Waals surface area contributed by atoms with E-state index in [1.54, 1.807) is 0 Å². The first-order valence-electron chi connectivity index (χ1n) is 18.0. The summed E-state index contributed by atoms with van der Waals surface area (Å²) in [5, 5.41) is 2.53. The molecule has 3 aromatic carbocycles. The number of aliphatic imine (C=N–C) groups is 3. The maximum atomic E-state index is 6.23. The van der Waals surface area contributed by atoms with Gasteiger partial charge in [-0.3, -0.25) is 4.99 Å². The SMILES string of the molecule is C=NC(=NC(=NCc1ccc2c(c1)OC/C2=C\C=C(/C)n1c2ccccc2c2ccccc21)C1=CC(C2=CCCC=C2)=CCC1)C1C=CC=CC1. The molecular weight excluding hydrogens is 625 g/mol. The van der Waals surface area contributed by atoms with E-state index in [4.69, 9.17) is 14.7 Å². The van der Waals surface area contributed by atoms with Gasteiger partial charge in [0.25, 0.3) is 0 Å². The van der Waals surface area contributed by atoms with Gasteiger partial charge >= 0.3 is 0 Å². The van der Waals surface area contributed by atoms with Gasteiger partial charge in [0.05, 0.1) is 17.6 Å². The summed E-state index contributed by atoms with van der Waals surface area (Å²) in [5.74, 6) is 2.43. The molecule has 0 spiro atoms. The maximum absolute atomic E-state index is 6.23. The van der Waals surface area contributed by atoms with E-state index in [-0.39, 0.29) is 5.92 Å². The van der Waals surface area contributed by atoms with Crippen molar-refractivity contribution in [1.29, 1.82) is 0 Å². The first kappa shape index (κ1) is 32.4. The number of amidine groups is 2. The Balaban J connectivity index is 1.08. The highest BCUT2D eigenvalue weighted by atomic mass is 16.5. The molecule has 0 fully saturated rings. The van der Waals surface area contributed by atoms with Gasteiger partial charge in [0.1, 0.15) is 18.2 Å². The van der Waals surface area contributed by atoms with Gasteiger partial charge in [-0.25, -0.2) is 9.98 Å². The van der Waals surface area contributed by atoms with Gasteiger partial charge in [0.15, 0.2) is 5.84 Å². The Bertz CT molecular complexity index is 2290. The van der Waals surface area contributed by atoms with Gasteiger partial charge < -0.3 is 9.30 Å². The molecule has 252 valence electrons. The first-order valence-corrected chi connectivity index (χ1v) is 18.0. The predicted octanol–water partition coefficient (Wildman–Crippen LogP) is 11.2. The summed E-state index contributed by atoms with van der Waals surface area (Å²) < 4.78 is 8.58. The van der Waals surface area contributed by atoms with E-state index in [2.05, 4.69) is 157 Å². The minimum atomic E-state index is 0.0899. The van der Waals surface area contributed by atoms with Crippen LogP contribution in [0.4, 0.5) is 0 Å². The second-order valence-corrected chi connectivity index (χ2v) is 13.4. The normalized spacial score (nSPS) is 20.0. The Labute approximate surface area is 300 Å². The van der Waals surface area contributed by atoms with E-state index in [1.165, 1.54) is 38.5 Å². The van der Waals surface area contributed by atoms with Crippen LogP contribution < -0.4 is 4.74 Å². The van der Waals surface area contributed by atoms with Gasteiger partial charge in [-0.2, -0.15) is 0 Å². The van der Waals surface area contributed by atoms with Crippen molar-refractivity contribution >= 4 is 51.5 Å². The molecule has 1 aliphatic heterocycles. The molecule has 0 N–H and O–H groups in total. The smallest absolute Gasteiger partial charge is 0.153 e. The number of fused-ring (bicyclic) bond motifs is 4. The van der Waals surface area contributed by atoms with Crippen LogP contribution in [-0.4, -0.2) is 29.6 Å². The lowest BCUT2D eigenvalue weighted by Gasteiger charge is -2.18. The molecule has 0 saturated heterocycles. The minimum absolute atomic E-state index is 0.0899. The molecule has 0 amide bonds. The highest BCUT2D eigenvalue weighted by Gasteiger charge is 2.20. The molecule has 5 heteroatoms. The van der Waals surface area contributed by atoms with Crippen LogP contribution in [0, 0.1) is 5.92 Å². The Kier molecular flexibility index (Phi) is 9.26. The van der Waals surface area contributed by atoms with Gasteiger partial charge in [-0.1, -0.05) is 103 Å². The zero-order valence-corrected chi connectivity index (χ0v) is 29.1. The fourth-order valence-electron chi connectivity index (χ4n) is 7.42. The summed E-state index contributed by atoms with van der Waals surface area (Å²) in [6.07, 6.45) is 29.1. The number of nitrogens with zero attached hydrogens (tertiary/aromatic N) is 4. The fourth-order valence-corrected chi connectivity index (χ4v) is 7.42. The number of hydrogen-bond donors (Lipinski definition) is 0. The molecule has 2 heterocycles. The average Bonchev–Trinajstić information content (AvgIpc) is 3.76. The average molecular weight is 667 g/mol. The Morgan fingerprint density at radius 1 is 0.922 bits per heavy atom. The van der Waals surface area contributed by atoms with Crippen LogP contribution in [0.5, 0.6) is 5.75 Å². The largest absolute Gasteiger partial charge is 0.488 e. The molecule has 0 saturated carbocycles. The third kappa shape index (κ3) is 6.72. The van der Waals surface area contributed by atoms with E-state index in [0.29, 0.717) is 19.0 Å². The topological polar surface area (TPSA) is 51.2 Å². The number of hydrogen-bond acceptors (Lipinski definition) is 2. The summed E-state index contributed by atoms with van der Waals surface area (Å²) in [5.41, 5.74) is 10.6. The highest BCUT2D eigenvalue weighted by Crippen LogP contribution is 2.36.